The fourth-order valence-corrected chi connectivity index (χ4v) is 4.51. The molecule has 0 amide bonds. The lowest BCUT2D eigenvalue weighted by molar-refractivity contribution is 0.352. The first-order valence-electron chi connectivity index (χ1n) is 8.59. The molecule has 2 aromatic carbocycles. The number of methoxy groups -OCH3 is 2. The number of benzene rings is 2. The molecule has 0 radical (unpaired) electrons. The second-order valence-electron chi connectivity index (χ2n) is 6.80. The third kappa shape index (κ3) is 3.48. The molecule has 0 saturated heterocycles. The number of halogens is 1. The van der Waals surface area contributed by atoms with Crippen LogP contribution in [0.4, 0.5) is 5.69 Å². The van der Waals surface area contributed by atoms with Gasteiger partial charge in [-0.05, 0) is 63.5 Å². The van der Waals surface area contributed by atoms with E-state index < -0.39 is 5.92 Å². The zero-order valence-corrected chi connectivity index (χ0v) is 18.0. The van der Waals surface area contributed by atoms with E-state index in [1.807, 2.05) is 26.2 Å². The van der Waals surface area contributed by atoms with E-state index in [4.69, 9.17) is 14.9 Å². The van der Waals surface area contributed by atoms with Crippen molar-refractivity contribution in [3.8, 4) is 17.6 Å². The molecule has 3 rings (SSSR count). The standard InChI is InChI=1S/C21H22IN3O2/c1-25(2)14-5-6-15-12(7-14)9-18(24)16(11-23)20(15)13-8-17(22)21(27-4)19(10-13)26-3/h5-8,10,16,20,24H,9H2,1-4H3. The average molecular weight is 475 g/mol. The SMILES string of the molecule is COc1cc(C2c3ccc(N(C)C)cc3CC(=N)C2C#N)cc(I)c1OC. The first-order chi connectivity index (χ1) is 12.9. The first kappa shape index (κ1) is 19.5. The highest BCUT2D eigenvalue weighted by Gasteiger charge is 2.35. The molecule has 0 aliphatic heterocycles. The lowest BCUT2D eigenvalue weighted by Gasteiger charge is -2.32. The van der Waals surface area contributed by atoms with Crippen LogP contribution < -0.4 is 14.4 Å². The van der Waals surface area contributed by atoms with Gasteiger partial charge >= 0.3 is 0 Å². The molecular formula is C21H22IN3O2. The molecule has 1 aliphatic carbocycles. The smallest absolute Gasteiger partial charge is 0.174 e. The molecule has 0 aromatic heterocycles. The number of hydrogen-bond donors (Lipinski definition) is 1. The maximum Gasteiger partial charge on any atom is 0.174 e. The fraction of sp³-hybridized carbons (Fsp3) is 0.333. The summed E-state index contributed by atoms with van der Waals surface area (Å²) >= 11 is 2.22. The Bertz CT molecular complexity index is 934. The zero-order valence-electron chi connectivity index (χ0n) is 15.8. The number of nitrogens with one attached hydrogen (secondary N) is 1. The van der Waals surface area contributed by atoms with Gasteiger partial charge in [0.15, 0.2) is 11.5 Å². The minimum Gasteiger partial charge on any atom is -0.493 e. The van der Waals surface area contributed by atoms with Gasteiger partial charge in [-0.1, -0.05) is 6.07 Å². The van der Waals surface area contributed by atoms with Crippen LogP contribution in [-0.4, -0.2) is 34.0 Å². The van der Waals surface area contributed by atoms with E-state index >= 15 is 0 Å². The van der Waals surface area contributed by atoms with Crippen LogP contribution in [0, 0.1) is 26.2 Å². The Balaban J connectivity index is 2.21. The highest BCUT2D eigenvalue weighted by Crippen LogP contribution is 2.44. The molecule has 2 atom stereocenters. The fourth-order valence-electron chi connectivity index (χ4n) is 3.66. The maximum absolute atomic E-state index is 9.80. The van der Waals surface area contributed by atoms with Crippen molar-refractivity contribution in [3.63, 3.8) is 0 Å². The Morgan fingerprint density at radius 3 is 2.52 bits per heavy atom. The Kier molecular flexibility index (Phi) is 5.61. The number of ether oxygens (including phenoxy) is 2. The second-order valence-corrected chi connectivity index (χ2v) is 7.96. The Hall–Kier alpha value is -2.27. The van der Waals surface area contributed by atoms with Crippen molar-refractivity contribution in [3.05, 3.63) is 50.6 Å². The van der Waals surface area contributed by atoms with Crippen LogP contribution in [-0.2, 0) is 6.42 Å². The number of nitrogens with zero attached hydrogens (tertiary/aromatic N) is 2. The monoisotopic (exact) mass is 475 g/mol. The van der Waals surface area contributed by atoms with E-state index in [1.54, 1.807) is 14.2 Å². The molecule has 0 saturated carbocycles. The van der Waals surface area contributed by atoms with Crippen molar-refractivity contribution < 1.29 is 9.47 Å². The number of rotatable bonds is 4. The molecule has 27 heavy (non-hydrogen) atoms. The van der Waals surface area contributed by atoms with E-state index in [-0.39, 0.29) is 5.92 Å². The predicted molar refractivity (Wildman–Crippen MR) is 115 cm³/mol. The molecule has 2 aromatic rings. The molecule has 140 valence electrons. The summed E-state index contributed by atoms with van der Waals surface area (Å²) in [6.07, 6.45) is 0.510. The molecular weight excluding hydrogens is 453 g/mol. The molecule has 2 unspecified atom stereocenters. The van der Waals surface area contributed by atoms with Gasteiger partial charge in [-0.2, -0.15) is 5.26 Å². The van der Waals surface area contributed by atoms with Crippen LogP contribution in [0.3, 0.4) is 0 Å². The van der Waals surface area contributed by atoms with Crippen LogP contribution in [0.2, 0.25) is 0 Å². The lowest BCUT2D eigenvalue weighted by atomic mass is 9.71. The van der Waals surface area contributed by atoms with E-state index in [0.717, 1.165) is 25.9 Å². The minimum atomic E-state index is -0.489. The minimum absolute atomic E-state index is 0.198. The van der Waals surface area contributed by atoms with Gasteiger partial charge in [-0.25, -0.2) is 0 Å². The Morgan fingerprint density at radius 2 is 1.93 bits per heavy atom. The zero-order chi connectivity index (χ0) is 19.7. The van der Waals surface area contributed by atoms with Crippen molar-refractivity contribution in [1.82, 2.24) is 0 Å². The van der Waals surface area contributed by atoms with Gasteiger partial charge in [0.25, 0.3) is 0 Å². The molecule has 1 N–H and O–H groups in total. The van der Waals surface area contributed by atoms with Gasteiger partial charge in [0.2, 0.25) is 0 Å². The maximum atomic E-state index is 9.80. The average Bonchev–Trinajstić information content (AvgIpc) is 2.65. The third-order valence-corrected chi connectivity index (χ3v) is 5.82. The largest absolute Gasteiger partial charge is 0.493 e. The van der Waals surface area contributed by atoms with Crippen molar-refractivity contribution in [2.45, 2.75) is 12.3 Å². The number of nitriles is 1. The van der Waals surface area contributed by atoms with Crippen molar-refractivity contribution in [2.75, 3.05) is 33.2 Å². The molecule has 0 spiro atoms. The molecule has 0 heterocycles. The first-order valence-corrected chi connectivity index (χ1v) is 9.67. The quantitative estimate of drug-likeness (QED) is 0.673. The summed E-state index contributed by atoms with van der Waals surface area (Å²) in [6, 6.07) is 12.6. The lowest BCUT2D eigenvalue weighted by Crippen LogP contribution is -2.29. The summed E-state index contributed by atoms with van der Waals surface area (Å²) < 4.78 is 11.9. The Morgan fingerprint density at radius 1 is 1.19 bits per heavy atom. The normalized spacial score (nSPS) is 18.4. The molecule has 6 heteroatoms. The summed E-state index contributed by atoms with van der Waals surface area (Å²) in [5.74, 6) is 0.636. The third-order valence-electron chi connectivity index (χ3n) is 5.02. The van der Waals surface area contributed by atoms with Gasteiger partial charge < -0.3 is 19.8 Å². The van der Waals surface area contributed by atoms with E-state index in [2.05, 4.69) is 51.8 Å². The predicted octanol–water partition coefficient (Wildman–Crippen LogP) is 4.22. The number of fused-ring (bicyclic) bond motifs is 1. The number of anilines is 1. The van der Waals surface area contributed by atoms with Crippen LogP contribution in [0.5, 0.6) is 11.5 Å². The molecule has 1 aliphatic rings. The van der Waals surface area contributed by atoms with Gasteiger partial charge in [-0.15, -0.1) is 0 Å². The van der Waals surface area contributed by atoms with Crippen LogP contribution >= 0.6 is 22.6 Å². The molecule has 0 fully saturated rings. The molecule has 0 bridgehead atoms. The van der Waals surface area contributed by atoms with E-state index in [0.29, 0.717) is 23.6 Å². The van der Waals surface area contributed by atoms with Crippen LogP contribution in [0.25, 0.3) is 0 Å². The molecule has 5 nitrogen and oxygen atoms in total. The van der Waals surface area contributed by atoms with Crippen molar-refractivity contribution in [2.24, 2.45) is 5.92 Å². The Labute approximate surface area is 173 Å². The summed E-state index contributed by atoms with van der Waals surface area (Å²) in [5.41, 5.74) is 4.72. The topological polar surface area (TPSA) is 69.3 Å². The van der Waals surface area contributed by atoms with Gasteiger partial charge in [0.1, 0.15) is 0 Å². The van der Waals surface area contributed by atoms with E-state index in [1.165, 1.54) is 0 Å². The van der Waals surface area contributed by atoms with Crippen molar-refractivity contribution in [1.29, 1.82) is 10.7 Å². The van der Waals surface area contributed by atoms with Gasteiger partial charge in [-0.3, -0.25) is 0 Å². The van der Waals surface area contributed by atoms with Gasteiger partial charge in [0.05, 0.1) is 29.8 Å². The number of hydrogen-bond acceptors (Lipinski definition) is 5. The highest BCUT2D eigenvalue weighted by atomic mass is 127. The highest BCUT2D eigenvalue weighted by molar-refractivity contribution is 14.1. The van der Waals surface area contributed by atoms with E-state index in [9.17, 15) is 5.26 Å². The second kappa shape index (κ2) is 7.77. The summed E-state index contributed by atoms with van der Waals surface area (Å²) in [5, 5.41) is 18.3. The van der Waals surface area contributed by atoms with Crippen molar-refractivity contribution >= 4 is 34.0 Å². The van der Waals surface area contributed by atoms with Gasteiger partial charge in [0, 0.05) is 37.8 Å². The van der Waals surface area contributed by atoms with Crippen LogP contribution in [0.15, 0.2) is 30.3 Å². The van der Waals surface area contributed by atoms with Crippen LogP contribution in [0.1, 0.15) is 22.6 Å². The summed E-state index contributed by atoms with van der Waals surface area (Å²) in [4.78, 5) is 2.05. The summed E-state index contributed by atoms with van der Waals surface area (Å²) in [6.45, 7) is 0. The summed E-state index contributed by atoms with van der Waals surface area (Å²) in [7, 11) is 7.23.